The predicted octanol–water partition coefficient (Wildman–Crippen LogP) is 1.74. The average Bonchev–Trinajstić information content (AvgIpc) is 3.35. The molecule has 164 valence electrons. The number of hydrogen-bond donors (Lipinski definition) is 2. The maximum atomic E-state index is 13.1. The maximum absolute atomic E-state index is 13.1. The number of carbonyl (C=O) groups is 3. The van der Waals surface area contributed by atoms with E-state index in [9.17, 15) is 14.4 Å². The molecule has 9 heteroatoms. The van der Waals surface area contributed by atoms with Crippen molar-refractivity contribution in [3.63, 3.8) is 0 Å². The molecule has 3 atom stereocenters. The summed E-state index contributed by atoms with van der Waals surface area (Å²) in [6, 6.07) is 3.69. The van der Waals surface area contributed by atoms with E-state index in [0.29, 0.717) is 26.2 Å². The fraction of sp³-hybridized carbons (Fsp3) is 0.667. The van der Waals surface area contributed by atoms with E-state index in [1.165, 1.54) is 4.88 Å². The van der Waals surface area contributed by atoms with Gasteiger partial charge in [-0.3, -0.25) is 19.4 Å². The summed E-state index contributed by atoms with van der Waals surface area (Å²) in [6.07, 6.45) is 3.54. The number of morpholine rings is 1. The van der Waals surface area contributed by atoms with Gasteiger partial charge in [0.1, 0.15) is 12.1 Å². The van der Waals surface area contributed by atoms with Crippen molar-refractivity contribution in [3.05, 3.63) is 22.4 Å². The molecule has 2 N–H and O–H groups in total. The number of hydrogen-bond acceptors (Lipinski definition) is 6. The molecule has 1 aromatic heterocycles. The summed E-state index contributed by atoms with van der Waals surface area (Å²) in [5.74, 6) is -0.480. The molecule has 0 unspecified atom stereocenters. The highest BCUT2D eigenvalue weighted by Crippen LogP contribution is 2.38. The van der Waals surface area contributed by atoms with E-state index in [-0.39, 0.29) is 30.3 Å². The molecule has 3 fully saturated rings. The number of imide groups is 1. The third kappa shape index (κ3) is 4.10. The van der Waals surface area contributed by atoms with E-state index in [1.54, 1.807) is 11.3 Å². The van der Waals surface area contributed by atoms with Crippen molar-refractivity contribution in [2.24, 2.45) is 5.92 Å². The van der Waals surface area contributed by atoms with Crippen LogP contribution < -0.4 is 10.6 Å². The Morgan fingerprint density at radius 2 is 2.17 bits per heavy atom. The van der Waals surface area contributed by atoms with Crippen molar-refractivity contribution in [1.82, 2.24) is 20.4 Å². The molecule has 3 aliphatic rings. The van der Waals surface area contributed by atoms with Gasteiger partial charge in [0.05, 0.1) is 19.3 Å². The fourth-order valence-electron chi connectivity index (χ4n) is 4.83. The number of nitrogens with one attached hydrogen (secondary N) is 2. The number of ether oxygens (including phenoxy) is 1. The summed E-state index contributed by atoms with van der Waals surface area (Å²) in [4.78, 5) is 42.8. The van der Waals surface area contributed by atoms with E-state index < -0.39 is 11.6 Å². The Morgan fingerprint density at radius 3 is 2.87 bits per heavy atom. The molecule has 1 aromatic rings. The lowest BCUT2D eigenvalue weighted by molar-refractivity contribution is -0.137. The summed E-state index contributed by atoms with van der Waals surface area (Å²) in [6.45, 7) is 5.19. The van der Waals surface area contributed by atoms with E-state index >= 15 is 0 Å². The first-order valence-electron chi connectivity index (χ1n) is 10.8. The lowest BCUT2D eigenvalue weighted by Crippen LogP contribution is -2.54. The molecular weight excluding hydrogens is 404 g/mol. The molecule has 0 bridgehead atoms. The van der Waals surface area contributed by atoms with Gasteiger partial charge in [0, 0.05) is 24.5 Å². The normalized spacial score (nSPS) is 28.6. The molecular formula is C21H30N4O4S. The molecule has 1 saturated carbocycles. The molecule has 1 aliphatic carbocycles. The van der Waals surface area contributed by atoms with Crippen LogP contribution in [0, 0.1) is 5.92 Å². The summed E-state index contributed by atoms with van der Waals surface area (Å²) in [5, 5.41) is 7.88. The van der Waals surface area contributed by atoms with Crippen LogP contribution in [0.5, 0.6) is 0 Å². The first kappa shape index (κ1) is 21.3. The van der Waals surface area contributed by atoms with Gasteiger partial charge < -0.3 is 15.4 Å². The van der Waals surface area contributed by atoms with Crippen LogP contribution in [0.1, 0.15) is 43.5 Å². The van der Waals surface area contributed by atoms with Crippen LogP contribution in [0.2, 0.25) is 0 Å². The Balaban J connectivity index is 1.38. The number of carbonyl (C=O) groups excluding carboxylic acids is 3. The Hall–Kier alpha value is -1.97. The molecule has 2 saturated heterocycles. The van der Waals surface area contributed by atoms with Crippen LogP contribution in [0.4, 0.5) is 4.79 Å². The fourth-order valence-corrected chi connectivity index (χ4v) is 5.69. The van der Waals surface area contributed by atoms with Gasteiger partial charge in [-0.1, -0.05) is 25.8 Å². The van der Waals surface area contributed by atoms with Gasteiger partial charge in [-0.2, -0.15) is 0 Å². The molecule has 2 aliphatic heterocycles. The zero-order chi connectivity index (χ0) is 21.1. The van der Waals surface area contributed by atoms with Crippen molar-refractivity contribution in [2.45, 2.75) is 44.2 Å². The Morgan fingerprint density at radius 1 is 1.37 bits per heavy atom. The molecule has 1 spiro atoms. The van der Waals surface area contributed by atoms with Gasteiger partial charge in [0.2, 0.25) is 5.91 Å². The van der Waals surface area contributed by atoms with Crippen molar-refractivity contribution < 1.29 is 19.1 Å². The highest BCUT2D eigenvalue weighted by atomic mass is 32.1. The lowest BCUT2D eigenvalue weighted by atomic mass is 9.73. The van der Waals surface area contributed by atoms with Crippen molar-refractivity contribution in [3.8, 4) is 0 Å². The molecule has 0 aromatic carbocycles. The second kappa shape index (κ2) is 9.03. The number of nitrogens with zero attached hydrogens (tertiary/aromatic N) is 2. The second-order valence-electron chi connectivity index (χ2n) is 8.42. The van der Waals surface area contributed by atoms with Crippen molar-refractivity contribution in [1.29, 1.82) is 0 Å². The smallest absolute Gasteiger partial charge is 0.325 e. The van der Waals surface area contributed by atoms with E-state index in [0.717, 1.165) is 37.3 Å². The number of urea groups is 1. The highest BCUT2D eigenvalue weighted by molar-refractivity contribution is 7.10. The highest BCUT2D eigenvalue weighted by Gasteiger charge is 2.55. The molecule has 3 heterocycles. The predicted molar refractivity (Wildman–Crippen MR) is 113 cm³/mol. The molecule has 0 radical (unpaired) electrons. The van der Waals surface area contributed by atoms with Crippen molar-refractivity contribution >= 4 is 29.2 Å². The average molecular weight is 435 g/mol. The third-order valence-electron chi connectivity index (χ3n) is 6.65. The Labute approximate surface area is 180 Å². The lowest BCUT2D eigenvalue weighted by Gasteiger charge is -2.36. The number of rotatable bonds is 6. The Kier molecular flexibility index (Phi) is 6.40. The molecule has 4 amide bonds. The second-order valence-corrected chi connectivity index (χ2v) is 9.40. The molecule has 8 nitrogen and oxygen atoms in total. The van der Waals surface area contributed by atoms with E-state index in [1.807, 2.05) is 18.4 Å². The largest absolute Gasteiger partial charge is 0.379 e. The van der Waals surface area contributed by atoms with Gasteiger partial charge in [0.25, 0.3) is 5.91 Å². The van der Waals surface area contributed by atoms with Crippen LogP contribution in [-0.4, -0.2) is 72.6 Å². The third-order valence-corrected chi connectivity index (χ3v) is 7.63. The zero-order valence-electron chi connectivity index (χ0n) is 17.4. The SMILES string of the molecule is C[C@H]1CCCC[C@]12NC(=O)N(CC(=O)NC[C@@H](c1cccs1)N1CCOCC1)C2=O. The van der Waals surface area contributed by atoms with Gasteiger partial charge in [-0.25, -0.2) is 4.79 Å². The first-order valence-corrected chi connectivity index (χ1v) is 11.7. The van der Waals surface area contributed by atoms with Crippen LogP contribution in [0.25, 0.3) is 0 Å². The van der Waals surface area contributed by atoms with Crippen LogP contribution in [0.15, 0.2) is 17.5 Å². The van der Waals surface area contributed by atoms with E-state index in [4.69, 9.17) is 4.74 Å². The monoisotopic (exact) mass is 434 g/mol. The minimum absolute atomic E-state index is 0.0608. The Bertz CT molecular complexity index is 780. The van der Waals surface area contributed by atoms with Crippen molar-refractivity contribution in [2.75, 3.05) is 39.4 Å². The van der Waals surface area contributed by atoms with Crippen LogP contribution >= 0.6 is 11.3 Å². The minimum Gasteiger partial charge on any atom is -0.379 e. The molecule has 30 heavy (non-hydrogen) atoms. The number of amides is 4. The van der Waals surface area contributed by atoms with Gasteiger partial charge >= 0.3 is 6.03 Å². The minimum atomic E-state index is -0.830. The van der Waals surface area contributed by atoms with Crippen LogP contribution in [0.3, 0.4) is 0 Å². The van der Waals surface area contributed by atoms with Gasteiger partial charge in [-0.05, 0) is 30.2 Å². The van der Waals surface area contributed by atoms with Gasteiger partial charge in [0.15, 0.2) is 0 Å². The summed E-state index contributed by atoms with van der Waals surface area (Å²) in [7, 11) is 0. The standard InChI is InChI=1S/C21H30N4O4S/c1-15-5-2-3-7-21(15)19(27)25(20(28)23-21)14-18(26)22-13-16(17-6-4-12-30-17)24-8-10-29-11-9-24/h4,6,12,15-16H,2-3,5,7-11,13-14H2,1H3,(H,22,26)(H,23,28)/t15-,16-,21-/m0/s1. The summed E-state index contributed by atoms with van der Waals surface area (Å²) >= 11 is 1.66. The topological polar surface area (TPSA) is 91.0 Å². The number of thiophene rings is 1. The maximum Gasteiger partial charge on any atom is 0.325 e. The molecule has 4 rings (SSSR count). The summed E-state index contributed by atoms with van der Waals surface area (Å²) < 4.78 is 5.45. The van der Waals surface area contributed by atoms with Gasteiger partial charge in [-0.15, -0.1) is 11.3 Å². The summed E-state index contributed by atoms with van der Waals surface area (Å²) in [5.41, 5.74) is -0.830. The van der Waals surface area contributed by atoms with Crippen LogP contribution in [-0.2, 0) is 14.3 Å². The first-order chi connectivity index (χ1) is 14.5. The zero-order valence-corrected chi connectivity index (χ0v) is 18.2. The van der Waals surface area contributed by atoms with E-state index in [2.05, 4.69) is 21.6 Å². The quantitative estimate of drug-likeness (QED) is 0.666.